The molecule has 0 amide bonds. The van der Waals surface area contributed by atoms with Crippen molar-refractivity contribution in [2.75, 3.05) is 7.11 Å². The molecule has 1 nitrogen and oxygen atoms in total. The molecule has 0 saturated carbocycles. The van der Waals surface area contributed by atoms with Gasteiger partial charge < -0.3 is 4.74 Å². The molecular weight excluding hydrogens is 256 g/mol. The van der Waals surface area contributed by atoms with Gasteiger partial charge in [0.25, 0.3) is 0 Å². The summed E-state index contributed by atoms with van der Waals surface area (Å²) in [6.45, 7) is 4.25. The number of hydrogen-bond acceptors (Lipinski definition) is 1. The monoisotopic (exact) mass is 274 g/mol. The zero-order valence-electron chi connectivity index (χ0n) is 11.6. The van der Waals surface area contributed by atoms with Crippen molar-refractivity contribution in [1.82, 2.24) is 0 Å². The maximum atomic E-state index is 6.56. The van der Waals surface area contributed by atoms with Crippen molar-refractivity contribution < 1.29 is 4.74 Å². The third-order valence-corrected chi connectivity index (χ3v) is 3.95. The number of methoxy groups -OCH3 is 1. The van der Waals surface area contributed by atoms with Crippen LogP contribution in [-0.4, -0.2) is 7.11 Å². The van der Waals surface area contributed by atoms with Crippen molar-refractivity contribution >= 4 is 11.6 Å². The Kier molecular flexibility index (Phi) is 4.49. The molecule has 0 bridgehead atoms. The molecule has 0 spiro atoms. The van der Waals surface area contributed by atoms with E-state index in [4.69, 9.17) is 16.3 Å². The van der Waals surface area contributed by atoms with Crippen LogP contribution in [0.2, 0.25) is 0 Å². The summed E-state index contributed by atoms with van der Waals surface area (Å²) in [6.07, 6.45) is 0.829. The molecule has 0 N–H and O–H groups in total. The van der Waals surface area contributed by atoms with E-state index in [0.717, 1.165) is 12.2 Å². The summed E-state index contributed by atoms with van der Waals surface area (Å²) in [6, 6.07) is 14.4. The van der Waals surface area contributed by atoms with Gasteiger partial charge in [0.2, 0.25) is 0 Å². The minimum atomic E-state index is 0.00768. The molecule has 0 aliphatic rings. The number of hydrogen-bond donors (Lipinski definition) is 0. The third-order valence-electron chi connectivity index (χ3n) is 3.56. The molecule has 0 aromatic heterocycles. The lowest BCUT2D eigenvalue weighted by Crippen LogP contribution is -2.00. The summed E-state index contributed by atoms with van der Waals surface area (Å²) in [4.78, 5) is 0. The Morgan fingerprint density at radius 2 is 1.74 bits per heavy atom. The molecule has 2 rings (SSSR count). The zero-order chi connectivity index (χ0) is 13.8. The highest BCUT2D eigenvalue weighted by molar-refractivity contribution is 6.21. The predicted octanol–water partition coefficient (Wildman–Crippen LogP) is 4.83. The van der Waals surface area contributed by atoms with Crippen LogP contribution in [0.25, 0.3) is 0 Å². The highest BCUT2D eigenvalue weighted by Crippen LogP contribution is 2.29. The van der Waals surface area contributed by atoms with Crippen LogP contribution in [0.3, 0.4) is 0 Å². The van der Waals surface area contributed by atoms with Crippen molar-refractivity contribution in [2.45, 2.75) is 25.6 Å². The van der Waals surface area contributed by atoms with Crippen molar-refractivity contribution in [1.29, 1.82) is 0 Å². The average molecular weight is 275 g/mol. The Bertz CT molecular complexity index is 546. The van der Waals surface area contributed by atoms with E-state index in [2.05, 4.69) is 44.2 Å². The van der Waals surface area contributed by atoms with Gasteiger partial charge in [-0.1, -0.05) is 30.3 Å². The van der Waals surface area contributed by atoms with E-state index >= 15 is 0 Å². The van der Waals surface area contributed by atoms with Crippen molar-refractivity contribution in [3.63, 3.8) is 0 Å². The molecule has 19 heavy (non-hydrogen) atoms. The highest BCUT2D eigenvalue weighted by atomic mass is 35.5. The highest BCUT2D eigenvalue weighted by Gasteiger charge is 2.12. The van der Waals surface area contributed by atoms with Crippen LogP contribution in [0.5, 0.6) is 5.75 Å². The summed E-state index contributed by atoms with van der Waals surface area (Å²) < 4.78 is 5.16. The van der Waals surface area contributed by atoms with Crippen LogP contribution >= 0.6 is 11.6 Å². The lowest BCUT2D eigenvalue weighted by atomic mass is 9.97. The van der Waals surface area contributed by atoms with Gasteiger partial charge in [0, 0.05) is 0 Å². The first-order valence-corrected chi connectivity index (χ1v) is 6.88. The first kappa shape index (κ1) is 14.0. The lowest BCUT2D eigenvalue weighted by Gasteiger charge is -2.14. The summed E-state index contributed by atoms with van der Waals surface area (Å²) in [5.74, 6) is 0.876. The van der Waals surface area contributed by atoms with Crippen LogP contribution in [0, 0.1) is 13.8 Å². The Morgan fingerprint density at radius 3 is 2.37 bits per heavy atom. The predicted molar refractivity (Wildman–Crippen MR) is 81.2 cm³/mol. The molecule has 0 radical (unpaired) electrons. The minimum absolute atomic E-state index is 0.00768. The minimum Gasteiger partial charge on any atom is -0.497 e. The Labute approximate surface area is 120 Å². The summed E-state index contributed by atoms with van der Waals surface area (Å²) >= 11 is 6.56. The second-order valence-corrected chi connectivity index (χ2v) is 5.34. The first-order valence-electron chi connectivity index (χ1n) is 6.45. The van der Waals surface area contributed by atoms with Gasteiger partial charge in [-0.2, -0.15) is 0 Å². The SMILES string of the molecule is COc1ccc(CC(Cl)c2cccc(C)c2C)cc1. The fourth-order valence-corrected chi connectivity index (χ4v) is 2.61. The van der Waals surface area contributed by atoms with Crippen LogP contribution in [0.4, 0.5) is 0 Å². The van der Waals surface area contributed by atoms with E-state index in [1.807, 2.05) is 12.1 Å². The molecule has 0 aliphatic carbocycles. The maximum Gasteiger partial charge on any atom is 0.118 e. The summed E-state index contributed by atoms with van der Waals surface area (Å²) in [5.41, 5.74) is 5.02. The van der Waals surface area contributed by atoms with Crippen molar-refractivity contribution in [3.8, 4) is 5.75 Å². The van der Waals surface area contributed by atoms with E-state index in [0.29, 0.717) is 0 Å². The maximum absolute atomic E-state index is 6.56. The molecular formula is C17H19ClO. The van der Waals surface area contributed by atoms with Crippen molar-refractivity contribution in [3.05, 3.63) is 64.7 Å². The molecule has 2 aromatic rings. The first-order chi connectivity index (χ1) is 9.11. The Balaban J connectivity index is 2.15. The van der Waals surface area contributed by atoms with Crippen LogP contribution < -0.4 is 4.74 Å². The van der Waals surface area contributed by atoms with Gasteiger partial charge in [-0.3, -0.25) is 0 Å². The topological polar surface area (TPSA) is 9.23 Å². The molecule has 1 atom stereocenters. The normalized spacial score (nSPS) is 12.2. The Morgan fingerprint density at radius 1 is 1.05 bits per heavy atom. The second kappa shape index (κ2) is 6.12. The van der Waals surface area contributed by atoms with E-state index in [9.17, 15) is 0 Å². The van der Waals surface area contributed by atoms with Crippen LogP contribution in [-0.2, 0) is 6.42 Å². The van der Waals surface area contributed by atoms with Crippen LogP contribution in [0.1, 0.15) is 27.6 Å². The van der Waals surface area contributed by atoms with Gasteiger partial charge in [-0.05, 0) is 54.7 Å². The number of ether oxygens (including phenoxy) is 1. The third kappa shape index (κ3) is 3.30. The second-order valence-electron chi connectivity index (χ2n) is 4.81. The molecule has 1 unspecified atom stereocenters. The number of rotatable bonds is 4. The fourth-order valence-electron chi connectivity index (χ4n) is 2.19. The van der Waals surface area contributed by atoms with E-state index in [-0.39, 0.29) is 5.38 Å². The molecule has 0 aliphatic heterocycles. The number of aryl methyl sites for hydroxylation is 1. The molecule has 0 fully saturated rings. The smallest absolute Gasteiger partial charge is 0.118 e. The summed E-state index contributed by atoms with van der Waals surface area (Å²) in [5, 5.41) is 0.00768. The molecule has 100 valence electrons. The largest absolute Gasteiger partial charge is 0.497 e. The van der Waals surface area contributed by atoms with Gasteiger partial charge in [0.1, 0.15) is 5.75 Å². The van der Waals surface area contributed by atoms with E-state index < -0.39 is 0 Å². The zero-order valence-corrected chi connectivity index (χ0v) is 12.4. The molecule has 2 heteroatoms. The van der Waals surface area contributed by atoms with Gasteiger partial charge in [0.15, 0.2) is 0 Å². The summed E-state index contributed by atoms with van der Waals surface area (Å²) in [7, 11) is 1.68. The number of alkyl halides is 1. The number of halogens is 1. The van der Waals surface area contributed by atoms with Gasteiger partial charge in [0.05, 0.1) is 12.5 Å². The van der Waals surface area contributed by atoms with Crippen molar-refractivity contribution in [2.24, 2.45) is 0 Å². The fraction of sp³-hybridized carbons (Fsp3) is 0.294. The van der Waals surface area contributed by atoms with Gasteiger partial charge >= 0.3 is 0 Å². The number of benzene rings is 2. The average Bonchev–Trinajstić information content (AvgIpc) is 2.42. The lowest BCUT2D eigenvalue weighted by molar-refractivity contribution is 0.414. The Hall–Kier alpha value is -1.47. The molecule has 2 aromatic carbocycles. The van der Waals surface area contributed by atoms with Gasteiger partial charge in [-0.15, -0.1) is 11.6 Å². The van der Waals surface area contributed by atoms with E-state index in [1.165, 1.54) is 22.3 Å². The molecule has 0 heterocycles. The quantitative estimate of drug-likeness (QED) is 0.725. The van der Waals surface area contributed by atoms with E-state index in [1.54, 1.807) is 7.11 Å². The standard InChI is InChI=1S/C17H19ClO/c1-12-5-4-6-16(13(12)2)17(18)11-14-7-9-15(19-3)10-8-14/h4-10,17H,11H2,1-3H3. The van der Waals surface area contributed by atoms with Crippen LogP contribution in [0.15, 0.2) is 42.5 Å². The van der Waals surface area contributed by atoms with Gasteiger partial charge in [-0.25, -0.2) is 0 Å². The molecule has 0 saturated heterocycles.